The van der Waals surface area contributed by atoms with Crippen molar-refractivity contribution in [3.63, 3.8) is 0 Å². The molecule has 0 aliphatic carbocycles. The van der Waals surface area contributed by atoms with E-state index in [1.54, 1.807) is 18.2 Å². The summed E-state index contributed by atoms with van der Waals surface area (Å²) in [5, 5.41) is 10.4. The number of rotatable bonds is 3. The number of halogens is 2. The third kappa shape index (κ3) is 3.63. The molecule has 0 aliphatic heterocycles. The van der Waals surface area contributed by atoms with Gasteiger partial charge in [-0.1, -0.05) is 39.7 Å². The summed E-state index contributed by atoms with van der Waals surface area (Å²) in [5.74, 6) is -0.248. The number of hydrogen-bond donors (Lipinski definition) is 2. The van der Waals surface area contributed by atoms with Crippen molar-refractivity contribution in [2.24, 2.45) is 0 Å². The summed E-state index contributed by atoms with van der Waals surface area (Å²) in [6.07, 6.45) is 0. The van der Waals surface area contributed by atoms with Gasteiger partial charge >= 0.3 is 0 Å². The highest BCUT2D eigenvalue weighted by Gasteiger charge is 2.11. The minimum absolute atomic E-state index is 0.248. The molecule has 0 saturated heterocycles. The van der Waals surface area contributed by atoms with Gasteiger partial charge in [0.05, 0.1) is 5.69 Å². The second-order valence-corrected chi connectivity index (χ2v) is 6.41. The normalized spacial score (nSPS) is 10.6. The Morgan fingerprint density at radius 1 is 1.17 bits per heavy atom. The SMILES string of the molecule is Cc1cc(NC(=O)c2cc(-c3ccc(Br)cc3)n[nH]2)ccc1Cl. The smallest absolute Gasteiger partial charge is 0.273 e. The van der Waals surface area contributed by atoms with Crippen LogP contribution in [0, 0.1) is 6.92 Å². The van der Waals surface area contributed by atoms with E-state index in [4.69, 9.17) is 11.6 Å². The van der Waals surface area contributed by atoms with Crippen LogP contribution in [0.25, 0.3) is 11.3 Å². The van der Waals surface area contributed by atoms with Crippen molar-refractivity contribution in [1.29, 1.82) is 0 Å². The van der Waals surface area contributed by atoms with Gasteiger partial charge in [-0.15, -0.1) is 0 Å². The van der Waals surface area contributed by atoms with Crippen LogP contribution in [0.1, 0.15) is 16.1 Å². The Labute approximate surface area is 147 Å². The van der Waals surface area contributed by atoms with Crippen LogP contribution in [-0.4, -0.2) is 16.1 Å². The molecule has 4 nitrogen and oxygen atoms in total. The van der Waals surface area contributed by atoms with Crippen molar-refractivity contribution in [1.82, 2.24) is 10.2 Å². The highest BCUT2D eigenvalue weighted by molar-refractivity contribution is 9.10. The molecule has 2 N–H and O–H groups in total. The van der Waals surface area contributed by atoms with Crippen molar-refractivity contribution >= 4 is 39.1 Å². The quantitative estimate of drug-likeness (QED) is 0.657. The molecule has 0 spiro atoms. The van der Waals surface area contributed by atoms with E-state index >= 15 is 0 Å². The fraction of sp³-hybridized carbons (Fsp3) is 0.0588. The maximum Gasteiger partial charge on any atom is 0.273 e. The van der Waals surface area contributed by atoms with Crippen molar-refractivity contribution in [2.45, 2.75) is 6.92 Å². The lowest BCUT2D eigenvalue weighted by Gasteiger charge is -2.05. The molecule has 2 aromatic carbocycles. The maximum absolute atomic E-state index is 12.3. The second kappa shape index (κ2) is 6.56. The number of hydrogen-bond acceptors (Lipinski definition) is 2. The molecule has 0 aliphatic rings. The molecule has 0 fully saturated rings. The van der Waals surface area contributed by atoms with Crippen LogP contribution in [0.2, 0.25) is 5.02 Å². The van der Waals surface area contributed by atoms with E-state index < -0.39 is 0 Å². The molecule has 6 heteroatoms. The molecular weight excluding hydrogens is 378 g/mol. The summed E-state index contributed by atoms with van der Waals surface area (Å²) < 4.78 is 0.993. The van der Waals surface area contributed by atoms with E-state index in [9.17, 15) is 4.79 Å². The highest BCUT2D eigenvalue weighted by atomic mass is 79.9. The van der Waals surface area contributed by atoms with Gasteiger partial charge in [-0.05, 0) is 48.9 Å². The number of anilines is 1. The van der Waals surface area contributed by atoms with Crippen LogP contribution in [0.4, 0.5) is 5.69 Å². The molecule has 0 atom stereocenters. The van der Waals surface area contributed by atoms with Crippen molar-refractivity contribution in [3.05, 3.63) is 69.3 Å². The number of carbonyl (C=O) groups is 1. The molecule has 116 valence electrons. The van der Waals surface area contributed by atoms with Crippen molar-refractivity contribution < 1.29 is 4.79 Å². The van der Waals surface area contributed by atoms with E-state index in [1.165, 1.54) is 0 Å². The summed E-state index contributed by atoms with van der Waals surface area (Å²) in [7, 11) is 0. The van der Waals surface area contributed by atoms with E-state index in [0.717, 1.165) is 21.3 Å². The van der Waals surface area contributed by atoms with Crippen molar-refractivity contribution in [2.75, 3.05) is 5.32 Å². The number of nitrogens with zero attached hydrogens (tertiary/aromatic N) is 1. The van der Waals surface area contributed by atoms with Gasteiger partial charge in [0.1, 0.15) is 5.69 Å². The third-order valence-electron chi connectivity index (χ3n) is 3.38. The topological polar surface area (TPSA) is 57.8 Å². The average molecular weight is 391 g/mol. The van der Waals surface area contributed by atoms with Gasteiger partial charge in [0.15, 0.2) is 0 Å². The van der Waals surface area contributed by atoms with Crippen LogP contribution in [0.3, 0.4) is 0 Å². The summed E-state index contributed by atoms with van der Waals surface area (Å²) >= 11 is 9.38. The molecule has 0 unspecified atom stereocenters. The predicted octanol–water partition coefficient (Wildman–Crippen LogP) is 5.05. The van der Waals surface area contributed by atoms with Gasteiger partial charge in [-0.3, -0.25) is 9.89 Å². The first-order valence-electron chi connectivity index (χ1n) is 6.92. The molecule has 0 saturated carbocycles. The predicted molar refractivity (Wildman–Crippen MR) is 95.9 cm³/mol. The molecule has 0 bridgehead atoms. The van der Waals surface area contributed by atoms with Gasteiger partial charge in [-0.2, -0.15) is 5.10 Å². The maximum atomic E-state index is 12.3. The van der Waals surface area contributed by atoms with E-state index in [-0.39, 0.29) is 5.91 Å². The summed E-state index contributed by atoms with van der Waals surface area (Å²) in [5.41, 5.74) is 3.65. The fourth-order valence-corrected chi connectivity index (χ4v) is 2.51. The Morgan fingerprint density at radius 3 is 2.61 bits per heavy atom. The standard InChI is InChI=1S/C17H13BrClN3O/c1-10-8-13(6-7-14(10)19)20-17(23)16-9-15(21-22-16)11-2-4-12(18)5-3-11/h2-9H,1H3,(H,20,23)(H,21,22). The molecule has 1 amide bonds. The largest absolute Gasteiger partial charge is 0.321 e. The number of aromatic amines is 1. The molecular formula is C17H13BrClN3O. The number of carbonyl (C=O) groups excluding carboxylic acids is 1. The lowest BCUT2D eigenvalue weighted by atomic mass is 10.1. The van der Waals surface area contributed by atoms with E-state index in [2.05, 4.69) is 31.4 Å². The van der Waals surface area contributed by atoms with Gasteiger partial charge in [0, 0.05) is 20.7 Å². The number of aryl methyl sites for hydroxylation is 1. The summed E-state index contributed by atoms with van der Waals surface area (Å²) in [6.45, 7) is 1.89. The summed E-state index contributed by atoms with van der Waals surface area (Å²) in [6, 6.07) is 14.8. The molecule has 3 aromatic rings. The van der Waals surface area contributed by atoms with E-state index in [0.29, 0.717) is 16.4 Å². The third-order valence-corrected chi connectivity index (χ3v) is 4.33. The zero-order chi connectivity index (χ0) is 16.4. The van der Waals surface area contributed by atoms with Crippen LogP contribution >= 0.6 is 27.5 Å². The van der Waals surface area contributed by atoms with Gasteiger partial charge in [-0.25, -0.2) is 0 Å². The minimum atomic E-state index is -0.248. The molecule has 3 rings (SSSR count). The lowest BCUT2D eigenvalue weighted by molar-refractivity contribution is 0.102. The lowest BCUT2D eigenvalue weighted by Crippen LogP contribution is -2.12. The zero-order valence-corrected chi connectivity index (χ0v) is 14.6. The van der Waals surface area contributed by atoms with Crippen molar-refractivity contribution in [3.8, 4) is 11.3 Å². The second-order valence-electron chi connectivity index (χ2n) is 5.09. The van der Waals surface area contributed by atoms with Gasteiger partial charge in [0.25, 0.3) is 5.91 Å². The first kappa shape index (κ1) is 15.8. The van der Waals surface area contributed by atoms with Crippen LogP contribution in [-0.2, 0) is 0 Å². The number of amides is 1. The van der Waals surface area contributed by atoms with E-state index in [1.807, 2.05) is 37.3 Å². The first-order valence-corrected chi connectivity index (χ1v) is 8.09. The van der Waals surface area contributed by atoms with Crippen LogP contribution in [0.15, 0.2) is 53.0 Å². The fourth-order valence-electron chi connectivity index (χ4n) is 2.13. The molecule has 1 heterocycles. The Hall–Kier alpha value is -2.11. The monoisotopic (exact) mass is 389 g/mol. The van der Waals surface area contributed by atoms with Crippen LogP contribution < -0.4 is 5.32 Å². The first-order chi connectivity index (χ1) is 11.0. The Morgan fingerprint density at radius 2 is 1.91 bits per heavy atom. The number of benzene rings is 2. The van der Waals surface area contributed by atoms with Gasteiger partial charge in [0.2, 0.25) is 0 Å². The molecule has 1 aromatic heterocycles. The minimum Gasteiger partial charge on any atom is -0.321 e. The molecule has 23 heavy (non-hydrogen) atoms. The number of H-pyrrole nitrogens is 1. The Balaban J connectivity index is 1.78. The molecule has 0 radical (unpaired) electrons. The Kier molecular flexibility index (Phi) is 4.50. The average Bonchev–Trinajstić information content (AvgIpc) is 3.02. The summed E-state index contributed by atoms with van der Waals surface area (Å²) in [4.78, 5) is 12.3. The van der Waals surface area contributed by atoms with Gasteiger partial charge < -0.3 is 5.32 Å². The zero-order valence-electron chi connectivity index (χ0n) is 12.2. The Bertz CT molecular complexity index is 859. The number of nitrogens with one attached hydrogen (secondary N) is 2. The number of aromatic nitrogens is 2. The van der Waals surface area contributed by atoms with Crippen LogP contribution in [0.5, 0.6) is 0 Å². The highest BCUT2D eigenvalue weighted by Crippen LogP contribution is 2.22.